The zero-order chi connectivity index (χ0) is 14.7. The van der Waals surface area contributed by atoms with Crippen molar-refractivity contribution in [2.45, 2.75) is 28.8 Å². The second-order valence-corrected chi connectivity index (χ2v) is 6.75. The molecule has 3 nitrogen and oxygen atoms in total. The summed E-state index contributed by atoms with van der Waals surface area (Å²) >= 11 is 12.7. The molecule has 0 atom stereocenters. The molecule has 1 aromatic carbocycles. The molecule has 0 spiro atoms. The van der Waals surface area contributed by atoms with E-state index in [1.807, 2.05) is 36.4 Å². The molecule has 1 aromatic heterocycles. The molecule has 1 saturated carbocycles. The maximum atomic E-state index is 5.87. The van der Waals surface area contributed by atoms with Crippen LogP contribution in [0.4, 0.5) is 5.69 Å². The normalized spacial score (nSPS) is 13.8. The van der Waals surface area contributed by atoms with Crippen molar-refractivity contribution in [3.63, 3.8) is 0 Å². The van der Waals surface area contributed by atoms with Crippen molar-refractivity contribution in [2.24, 2.45) is 0 Å². The Balaban J connectivity index is 1.58. The van der Waals surface area contributed by atoms with Gasteiger partial charge in [0.25, 0.3) is 0 Å². The predicted octanol–water partition coefficient (Wildman–Crippen LogP) is 4.34. The molecular weight excluding hydrogens is 322 g/mol. The van der Waals surface area contributed by atoms with Crippen LogP contribution in [0.2, 0.25) is 5.02 Å². The van der Waals surface area contributed by atoms with Crippen molar-refractivity contribution in [1.29, 1.82) is 0 Å². The molecule has 0 bridgehead atoms. The molecular formula is C15H14ClN3S2. The Morgan fingerprint density at radius 3 is 2.57 bits per heavy atom. The van der Waals surface area contributed by atoms with Crippen molar-refractivity contribution < 1.29 is 0 Å². The first kappa shape index (κ1) is 14.6. The van der Waals surface area contributed by atoms with Gasteiger partial charge in [-0.1, -0.05) is 23.4 Å². The van der Waals surface area contributed by atoms with E-state index < -0.39 is 0 Å². The summed E-state index contributed by atoms with van der Waals surface area (Å²) in [6.45, 7) is 0. The minimum atomic E-state index is 0.553. The molecule has 0 unspecified atom stereocenters. The molecule has 0 amide bonds. The molecule has 21 heavy (non-hydrogen) atoms. The van der Waals surface area contributed by atoms with E-state index in [0.29, 0.717) is 11.2 Å². The first-order valence-electron chi connectivity index (χ1n) is 6.66. The summed E-state index contributed by atoms with van der Waals surface area (Å²) in [5.74, 6) is 0. The average molecular weight is 336 g/mol. The van der Waals surface area contributed by atoms with E-state index in [4.69, 9.17) is 23.8 Å². The Morgan fingerprint density at radius 1 is 1.19 bits per heavy atom. The number of halogens is 1. The molecule has 6 heteroatoms. The molecule has 108 valence electrons. The highest BCUT2D eigenvalue weighted by atomic mass is 35.5. The van der Waals surface area contributed by atoms with Crippen LogP contribution in [0.5, 0.6) is 0 Å². The number of aromatic nitrogens is 1. The number of anilines is 1. The second kappa shape index (κ2) is 6.64. The third-order valence-electron chi connectivity index (χ3n) is 2.94. The average Bonchev–Trinajstić information content (AvgIpc) is 3.27. The summed E-state index contributed by atoms with van der Waals surface area (Å²) < 4.78 is 0. The van der Waals surface area contributed by atoms with Crippen LogP contribution in [0.3, 0.4) is 0 Å². The van der Waals surface area contributed by atoms with Crippen molar-refractivity contribution in [3.8, 4) is 0 Å². The fourth-order valence-corrected chi connectivity index (χ4v) is 2.88. The first-order valence-corrected chi connectivity index (χ1v) is 8.26. The fraction of sp³-hybridized carbons (Fsp3) is 0.200. The standard InChI is InChI=1S/C15H14ClN3S2/c16-10-1-6-13(7-2-10)21-14-8-5-12(9-17-14)19-15(20)18-11-3-4-11/h1-2,5-9,11H,3-4H2,(H2,18,19,20). The van der Waals surface area contributed by atoms with Gasteiger partial charge in [0.2, 0.25) is 0 Å². The van der Waals surface area contributed by atoms with E-state index in [1.54, 1.807) is 18.0 Å². The Morgan fingerprint density at radius 2 is 1.95 bits per heavy atom. The summed E-state index contributed by atoms with van der Waals surface area (Å²) in [7, 11) is 0. The SMILES string of the molecule is S=C(Nc1ccc(Sc2ccc(Cl)cc2)nc1)NC1CC1. The Kier molecular flexibility index (Phi) is 4.63. The fourth-order valence-electron chi connectivity index (χ4n) is 1.72. The second-order valence-electron chi connectivity index (χ2n) is 4.81. The van der Waals surface area contributed by atoms with Gasteiger partial charge in [0.1, 0.15) is 5.03 Å². The van der Waals surface area contributed by atoms with Crippen molar-refractivity contribution in [2.75, 3.05) is 5.32 Å². The van der Waals surface area contributed by atoms with Gasteiger partial charge in [-0.3, -0.25) is 0 Å². The summed E-state index contributed by atoms with van der Waals surface area (Å²) in [4.78, 5) is 5.53. The number of hydrogen-bond acceptors (Lipinski definition) is 3. The lowest BCUT2D eigenvalue weighted by Gasteiger charge is -2.09. The number of benzene rings is 1. The summed E-state index contributed by atoms with van der Waals surface area (Å²) in [5.41, 5.74) is 0.897. The van der Waals surface area contributed by atoms with Crippen molar-refractivity contribution >= 4 is 46.4 Å². The Bertz CT molecular complexity index is 624. The summed E-state index contributed by atoms with van der Waals surface area (Å²) in [6.07, 6.45) is 4.20. The lowest BCUT2D eigenvalue weighted by Crippen LogP contribution is -2.30. The number of hydrogen-bond donors (Lipinski definition) is 2. The number of nitrogens with zero attached hydrogens (tertiary/aromatic N) is 1. The maximum Gasteiger partial charge on any atom is 0.171 e. The van der Waals surface area contributed by atoms with Gasteiger partial charge in [-0.15, -0.1) is 0 Å². The molecule has 2 N–H and O–H groups in total. The maximum absolute atomic E-state index is 5.87. The largest absolute Gasteiger partial charge is 0.360 e. The number of pyridine rings is 1. The molecule has 2 aromatic rings. The van der Waals surface area contributed by atoms with Gasteiger partial charge in [0, 0.05) is 16.0 Å². The van der Waals surface area contributed by atoms with Gasteiger partial charge in [-0.2, -0.15) is 0 Å². The minimum Gasteiger partial charge on any atom is -0.360 e. The summed E-state index contributed by atoms with van der Waals surface area (Å²) in [6, 6.07) is 12.2. The topological polar surface area (TPSA) is 37.0 Å². The van der Waals surface area contributed by atoms with E-state index in [9.17, 15) is 0 Å². The lowest BCUT2D eigenvalue weighted by molar-refractivity contribution is 0.919. The first-order chi connectivity index (χ1) is 10.2. The lowest BCUT2D eigenvalue weighted by atomic mass is 10.4. The molecule has 3 rings (SSSR count). The zero-order valence-corrected chi connectivity index (χ0v) is 13.6. The quantitative estimate of drug-likeness (QED) is 0.813. The van der Waals surface area contributed by atoms with Gasteiger partial charge in [-0.05, 0) is 61.5 Å². The van der Waals surface area contributed by atoms with E-state index in [0.717, 1.165) is 20.6 Å². The molecule has 0 radical (unpaired) electrons. The molecule has 1 aliphatic rings. The van der Waals surface area contributed by atoms with Crippen LogP contribution >= 0.6 is 35.6 Å². The Hall–Kier alpha value is -1.30. The third kappa shape index (κ3) is 4.59. The third-order valence-corrected chi connectivity index (χ3v) is 4.37. The monoisotopic (exact) mass is 335 g/mol. The van der Waals surface area contributed by atoms with Crippen LogP contribution in [0, 0.1) is 0 Å². The van der Waals surface area contributed by atoms with Crippen LogP contribution in [0.25, 0.3) is 0 Å². The van der Waals surface area contributed by atoms with Crippen LogP contribution in [0.1, 0.15) is 12.8 Å². The van der Waals surface area contributed by atoms with Gasteiger partial charge in [-0.25, -0.2) is 4.98 Å². The highest BCUT2D eigenvalue weighted by Gasteiger charge is 2.21. The highest BCUT2D eigenvalue weighted by Crippen LogP contribution is 2.27. The van der Waals surface area contributed by atoms with Gasteiger partial charge in [0.15, 0.2) is 5.11 Å². The smallest absolute Gasteiger partial charge is 0.171 e. The molecule has 0 saturated heterocycles. The molecule has 0 aliphatic heterocycles. The van der Waals surface area contributed by atoms with Crippen LogP contribution in [-0.4, -0.2) is 16.1 Å². The molecule has 1 aliphatic carbocycles. The van der Waals surface area contributed by atoms with Gasteiger partial charge in [0.05, 0.1) is 11.9 Å². The number of thiocarbonyl (C=S) groups is 1. The number of rotatable bonds is 4. The Labute approximate surface area is 138 Å². The van der Waals surface area contributed by atoms with E-state index >= 15 is 0 Å². The predicted molar refractivity (Wildman–Crippen MR) is 92.2 cm³/mol. The molecule has 1 fully saturated rings. The van der Waals surface area contributed by atoms with Crippen LogP contribution in [0.15, 0.2) is 52.5 Å². The van der Waals surface area contributed by atoms with E-state index in [-0.39, 0.29) is 0 Å². The molecule has 1 heterocycles. The van der Waals surface area contributed by atoms with Crippen LogP contribution in [-0.2, 0) is 0 Å². The van der Waals surface area contributed by atoms with Crippen molar-refractivity contribution in [1.82, 2.24) is 10.3 Å². The minimum absolute atomic E-state index is 0.553. The van der Waals surface area contributed by atoms with Crippen molar-refractivity contribution in [3.05, 3.63) is 47.6 Å². The zero-order valence-electron chi connectivity index (χ0n) is 11.2. The highest BCUT2D eigenvalue weighted by molar-refractivity contribution is 7.99. The van der Waals surface area contributed by atoms with Crippen LogP contribution < -0.4 is 10.6 Å². The van der Waals surface area contributed by atoms with Gasteiger partial charge < -0.3 is 10.6 Å². The van der Waals surface area contributed by atoms with E-state index in [2.05, 4.69) is 15.6 Å². The van der Waals surface area contributed by atoms with Gasteiger partial charge >= 0.3 is 0 Å². The van der Waals surface area contributed by atoms with E-state index in [1.165, 1.54) is 12.8 Å². The number of nitrogens with one attached hydrogen (secondary N) is 2. The summed E-state index contributed by atoms with van der Waals surface area (Å²) in [5, 5.41) is 8.72.